The third-order valence-electron chi connectivity index (χ3n) is 4.97. The molecule has 4 rings (SSSR count). The number of thioether (sulfide) groups is 1. The molecule has 3 aromatic carbocycles. The molecule has 0 unspecified atom stereocenters. The lowest BCUT2D eigenvalue weighted by molar-refractivity contribution is -0.115. The maximum atomic E-state index is 12.5. The first-order valence-electron chi connectivity index (χ1n) is 10.4. The summed E-state index contributed by atoms with van der Waals surface area (Å²) in [6, 6.07) is 19.4. The van der Waals surface area contributed by atoms with E-state index in [4.69, 9.17) is 14.2 Å². The van der Waals surface area contributed by atoms with Gasteiger partial charge in [-0.2, -0.15) is 0 Å². The van der Waals surface area contributed by atoms with Gasteiger partial charge >= 0.3 is 0 Å². The second-order valence-electron chi connectivity index (χ2n) is 7.49. The van der Waals surface area contributed by atoms with Gasteiger partial charge < -0.3 is 19.5 Å². The van der Waals surface area contributed by atoms with Crippen molar-refractivity contribution < 1.29 is 19.0 Å². The predicted molar refractivity (Wildman–Crippen MR) is 145 cm³/mol. The summed E-state index contributed by atoms with van der Waals surface area (Å²) in [6.07, 6.45) is 1.82. The number of amides is 1. The Bertz CT molecular complexity index is 1270. The minimum Gasteiger partial charge on any atom is -0.497 e. The zero-order valence-electron chi connectivity index (χ0n) is 18.9. The molecule has 3 aromatic rings. The van der Waals surface area contributed by atoms with E-state index < -0.39 is 0 Å². The third kappa shape index (κ3) is 5.92. The Balaban J connectivity index is 1.52. The Kier molecular flexibility index (Phi) is 7.79. The number of hydrogen-bond donors (Lipinski definition) is 1. The number of aryl methyl sites for hydroxylation is 1. The summed E-state index contributed by atoms with van der Waals surface area (Å²) < 4.78 is 17.7. The highest BCUT2D eigenvalue weighted by molar-refractivity contribution is 14.1. The lowest BCUT2D eigenvalue weighted by atomic mass is 10.1. The maximum absolute atomic E-state index is 12.5. The molecule has 0 aromatic heterocycles. The zero-order chi connectivity index (χ0) is 24.1. The Hall–Kier alpha value is -2.98. The Morgan fingerprint density at radius 2 is 1.85 bits per heavy atom. The van der Waals surface area contributed by atoms with E-state index in [0.29, 0.717) is 28.2 Å². The number of nitrogens with zero attached hydrogens (tertiary/aromatic N) is 1. The van der Waals surface area contributed by atoms with E-state index in [1.54, 1.807) is 14.2 Å². The van der Waals surface area contributed by atoms with Gasteiger partial charge in [0.15, 0.2) is 16.7 Å². The van der Waals surface area contributed by atoms with Crippen molar-refractivity contribution in [3.8, 4) is 17.2 Å². The van der Waals surface area contributed by atoms with Gasteiger partial charge in [-0.1, -0.05) is 29.8 Å². The van der Waals surface area contributed by atoms with Gasteiger partial charge in [0.1, 0.15) is 12.4 Å². The normalized spacial score (nSPS) is 15.5. The topological polar surface area (TPSA) is 69.2 Å². The van der Waals surface area contributed by atoms with Gasteiger partial charge in [-0.25, -0.2) is 4.99 Å². The Morgan fingerprint density at radius 1 is 1.06 bits per heavy atom. The molecule has 8 heteroatoms. The number of aliphatic imine (C=N–C) groups is 1. The van der Waals surface area contributed by atoms with Crippen molar-refractivity contribution in [1.82, 2.24) is 5.32 Å². The van der Waals surface area contributed by atoms with Gasteiger partial charge in [-0.15, -0.1) is 0 Å². The summed E-state index contributed by atoms with van der Waals surface area (Å²) in [4.78, 5) is 17.6. The average molecular weight is 586 g/mol. The van der Waals surface area contributed by atoms with Crippen molar-refractivity contribution in [3.63, 3.8) is 0 Å². The second-order valence-corrected chi connectivity index (χ2v) is 9.68. The largest absolute Gasteiger partial charge is 0.497 e. The molecule has 0 atom stereocenters. The van der Waals surface area contributed by atoms with Gasteiger partial charge in [-0.05, 0) is 94.9 Å². The average Bonchev–Trinajstić information content (AvgIpc) is 3.16. The first-order chi connectivity index (χ1) is 16.4. The van der Waals surface area contributed by atoms with Crippen molar-refractivity contribution >= 4 is 57.2 Å². The Labute approximate surface area is 216 Å². The van der Waals surface area contributed by atoms with Crippen LogP contribution in [0.5, 0.6) is 17.2 Å². The number of amidine groups is 1. The van der Waals surface area contributed by atoms with Crippen molar-refractivity contribution in [2.45, 2.75) is 13.5 Å². The van der Waals surface area contributed by atoms with Crippen molar-refractivity contribution in [3.05, 3.63) is 85.8 Å². The number of methoxy groups -OCH3 is 2. The second kappa shape index (κ2) is 11.0. The van der Waals surface area contributed by atoms with Gasteiger partial charge in [0.25, 0.3) is 5.91 Å². The molecule has 6 nitrogen and oxygen atoms in total. The quantitative estimate of drug-likeness (QED) is 0.268. The van der Waals surface area contributed by atoms with Gasteiger partial charge in [0.05, 0.1) is 28.4 Å². The van der Waals surface area contributed by atoms with Crippen LogP contribution in [-0.2, 0) is 11.4 Å². The molecular weight excluding hydrogens is 563 g/mol. The van der Waals surface area contributed by atoms with Crippen LogP contribution in [-0.4, -0.2) is 25.3 Å². The number of rotatable bonds is 7. The molecule has 1 aliphatic rings. The lowest BCUT2D eigenvalue weighted by Gasteiger charge is -2.14. The third-order valence-corrected chi connectivity index (χ3v) is 6.68. The fourth-order valence-corrected chi connectivity index (χ4v) is 4.95. The van der Waals surface area contributed by atoms with Crippen LogP contribution in [0.2, 0.25) is 0 Å². The summed E-state index contributed by atoms with van der Waals surface area (Å²) in [7, 11) is 3.22. The van der Waals surface area contributed by atoms with E-state index >= 15 is 0 Å². The number of nitrogens with one attached hydrogen (secondary N) is 1. The number of benzene rings is 3. The summed E-state index contributed by atoms with van der Waals surface area (Å²) in [6.45, 7) is 2.50. The van der Waals surface area contributed by atoms with Crippen LogP contribution in [0.3, 0.4) is 0 Å². The van der Waals surface area contributed by atoms with Crippen LogP contribution >= 0.6 is 34.4 Å². The molecule has 1 heterocycles. The summed E-state index contributed by atoms with van der Waals surface area (Å²) in [5.74, 6) is 1.85. The van der Waals surface area contributed by atoms with Crippen LogP contribution in [0.4, 0.5) is 5.69 Å². The molecule has 1 amide bonds. The van der Waals surface area contributed by atoms with Crippen LogP contribution in [0.1, 0.15) is 16.7 Å². The van der Waals surface area contributed by atoms with Crippen molar-refractivity contribution in [2.24, 2.45) is 4.99 Å². The molecule has 0 radical (unpaired) electrons. The molecular formula is C26H23IN2O4S. The minimum absolute atomic E-state index is 0.189. The fourth-order valence-electron chi connectivity index (χ4n) is 3.33. The van der Waals surface area contributed by atoms with Gasteiger partial charge in [-0.3, -0.25) is 4.79 Å². The van der Waals surface area contributed by atoms with Crippen molar-refractivity contribution in [2.75, 3.05) is 14.2 Å². The van der Waals surface area contributed by atoms with Gasteiger partial charge in [0, 0.05) is 0 Å². The summed E-state index contributed by atoms with van der Waals surface area (Å²) >= 11 is 3.52. The molecule has 0 bridgehead atoms. The minimum atomic E-state index is -0.189. The number of hydrogen-bond acceptors (Lipinski definition) is 6. The van der Waals surface area contributed by atoms with Crippen LogP contribution in [0, 0.1) is 10.5 Å². The van der Waals surface area contributed by atoms with Crippen LogP contribution in [0.25, 0.3) is 6.08 Å². The zero-order valence-corrected chi connectivity index (χ0v) is 21.9. The number of carbonyl (C=O) groups is 1. The Morgan fingerprint density at radius 3 is 2.56 bits per heavy atom. The summed E-state index contributed by atoms with van der Waals surface area (Å²) in [5.41, 5.74) is 3.85. The van der Waals surface area contributed by atoms with E-state index in [1.807, 2.05) is 54.6 Å². The predicted octanol–water partition coefficient (Wildman–Crippen LogP) is 6.09. The number of carbonyl (C=O) groups excluding carboxylic acids is 1. The molecule has 1 N–H and O–H groups in total. The monoisotopic (exact) mass is 586 g/mol. The standard InChI is InChI=1S/C26H23IN2O4S/c1-16-5-4-6-17(11-16)15-33-24-21(27)12-18(13-22(24)32-3)14-23-25(30)29-26(34-23)28-19-7-9-20(31-2)10-8-19/h4-14H,15H2,1-3H3,(H,28,29,30)/b23-14+. The number of halogens is 1. The lowest BCUT2D eigenvalue weighted by Crippen LogP contribution is -2.19. The van der Waals surface area contributed by atoms with E-state index in [1.165, 1.54) is 17.3 Å². The molecule has 1 aliphatic heterocycles. The molecule has 34 heavy (non-hydrogen) atoms. The van der Waals surface area contributed by atoms with E-state index in [-0.39, 0.29) is 5.91 Å². The molecule has 1 saturated heterocycles. The SMILES string of the molecule is COc1ccc(N=C2NC(=O)/C(=C\c3cc(I)c(OCc4cccc(C)c4)c(OC)c3)S2)cc1. The molecule has 174 valence electrons. The maximum Gasteiger partial charge on any atom is 0.264 e. The molecule has 1 fully saturated rings. The van der Waals surface area contributed by atoms with E-state index in [2.05, 4.69) is 52.0 Å². The van der Waals surface area contributed by atoms with Crippen LogP contribution in [0.15, 0.2) is 70.6 Å². The highest BCUT2D eigenvalue weighted by Crippen LogP contribution is 2.36. The molecule has 0 spiro atoms. The van der Waals surface area contributed by atoms with Crippen molar-refractivity contribution in [1.29, 1.82) is 0 Å². The smallest absolute Gasteiger partial charge is 0.264 e. The highest BCUT2D eigenvalue weighted by atomic mass is 127. The van der Waals surface area contributed by atoms with Gasteiger partial charge in [0.2, 0.25) is 0 Å². The van der Waals surface area contributed by atoms with E-state index in [9.17, 15) is 4.79 Å². The van der Waals surface area contributed by atoms with Crippen LogP contribution < -0.4 is 19.5 Å². The summed E-state index contributed by atoms with van der Waals surface area (Å²) in [5, 5.41) is 3.34. The number of ether oxygens (including phenoxy) is 3. The fraction of sp³-hybridized carbons (Fsp3) is 0.154. The first-order valence-corrected chi connectivity index (χ1v) is 12.3. The molecule has 0 saturated carbocycles. The molecule has 0 aliphatic carbocycles. The van der Waals surface area contributed by atoms with E-state index in [0.717, 1.165) is 26.1 Å². The highest BCUT2D eigenvalue weighted by Gasteiger charge is 2.24. The first kappa shape index (κ1) is 24.2.